The van der Waals surface area contributed by atoms with Crippen LogP contribution in [0.5, 0.6) is 11.5 Å². The van der Waals surface area contributed by atoms with Gasteiger partial charge >= 0.3 is 0 Å². The van der Waals surface area contributed by atoms with Crippen LogP contribution in [0, 0.1) is 0 Å². The lowest BCUT2D eigenvalue weighted by molar-refractivity contribution is -0.115. The first-order valence-corrected chi connectivity index (χ1v) is 8.91. The maximum Gasteiger partial charge on any atom is 0.238 e. The number of hydrogen-bond donors (Lipinski definition) is 1. The molecule has 120 valence electrons. The van der Waals surface area contributed by atoms with Gasteiger partial charge in [0.25, 0.3) is 0 Å². The Kier molecular flexibility index (Phi) is 6.45. The summed E-state index contributed by atoms with van der Waals surface area (Å²) in [6.45, 7) is 2.85. The van der Waals surface area contributed by atoms with Crippen molar-refractivity contribution < 1.29 is 14.3 Å². The smallest absolute Gasteiger partial charge is 0.238 e. The molecular weight excluding hydrogens is 320 g/mol. The topological polar surface area (TPSA) is 59.9 Å². The number of methoxy groups -OCH3 is 2. The second-order valence-corrected chi connectivity index (χ2v) is 7.10. The van der Waals surface area contributed by atoms with Crippen molar-refractivity contribution in [2.45, 2.75) is 18.6 Å². The molecule has 0 aliphatic carbocycles. The number of rotatable bonds is 6. The minimum atomic E-state index is -0.156. The second-order valence-electron chi connectivity index (χ2n) is 4.57. The highest BCUT2D eigenvalue weighted by atomic mass is 32.2. The molecule has 1 N–H and O–H groups in total. The summed E-state index contributed by atoms with van der Waals surface area (Å²) in [5, 5.41) is 2.78. The highest BCUT2D eigenvalue weighted by molar-refractivity contribution is 8.39. The molecule has 0 aromatic heterocycles. The third-order valence-electron chi connectivity index (χ3n) is 3.13. The molecule has 1 aromatic carbocycles. The van der Waals surface area contributed by atoms with Gasteiger partial charge in [0.2, 0.25) is 5.91 Å². The van der Waals surface area contributed by atoms with Gasteiger partial charge in [0, 0.05) is 11.8 Å². The first-order chi connectivity index (χ1) is 10.7. The molecule has 1 aliphatic heterocycles. The molecular formula is C15H20N2O3S2. The van der Waals surface area contributed by atoms with Gasteiger partial charge in [-0.15, -0.1) is 0 Å². The summed E-state index contributed by atoms with van der Waals surface area (Å²) in [5.74, 6) is 2.24. The van der Waals surface area contributed by atoms with Crippen LogP contribution >= 0.6 is 23.5 Å². The predicted octanol–water partition coefficient (Wildman–Crippen LogP) is 3.26. The molecule has 0 saturated carbocycles. The number of benzene rings is 1. The van der Waals surface area contributed by atoms with Crippen LogP contribution in [-0.2, 0) is 4.79 Å². The second kappa shape index (κ2) is 8.33. The molecule has 1 atom stereocenters. The van der Waals surface area contributed by atoms with Gasteiger partial charge in [0.15, 0.2) is 0 Å². The Bertz CT molecular complexity index is 564. The molecule has 0 spiro atoms. The summed E-state index contributed by atoms with van der Waals surface area (Å²) in [6, 6.07) is 5.33. The number of nitrogens with one attached hydrogen (secondary N) is 1. The van der Waals surface area contributed by atoms with Crippen molar-refractivity contribution in [2.24, 2.45) is 4.99 Å². The van der Waals surface area contributed by atoms with E-state index < -0.39 is 0 Å². The van der Waals surface area contributed by atoms with Crippen LogP contribution in [0.2, 0.25) is 0 Å². The molecule has 0 fully saturated rings. The van der Waals surface area contributed by atoms with Gasteiger partial charge in [0.1, 0.15) is 15.9 Å². The standard InChI is InChI=1S/C15H20N2O3S2/c1-4-13(22-15-16-7-8-21-15)14(18)17-11-6-5-10(19-2)9-12(11)20-3/h5-6,9,13H,4,7-8H2,1-3H3,(H,17,18). The SMILES string of the molecule is CCC(SC1=NCCS1)C(=O)Nc1ccc(OC)cc1OC. The normalized spacial score (nSPS) is 15.1. The highest BCUT2D eigenvalue weighted by Crippen LogP contribution is 2.31. The Morgan fingerprint density at radius 1 is 1.45 bits per heavy atom. The van der Waals surface area contributed by atoms with Gasteiger partial charge in [-0.2, -0.15) is 0 Å². The number of amides is 1. The maximum absolute atomic E-state index is 12.5. The number of thioether (sulfide) groups is 2. The monoisotopic (exact) mass is 340 g/mol. The van der Waals surface area contributed by atoms with E-state index in [1.807, 2.05) is 6.92 Å². The predicted molar refractivity (Wildman–Crippen MR) is 94.6 cm³/mol. The Morgan fingerprint density at radius 3 is 2.86 bits per heavy atom. The molecule has 0 saturated heterocycles. The molecule has 1 amide bonds. The molecule has 5 nitrogen and oxygen atoms in total. The van der Waals surface area contributed by atoms with E-state index in [1.54, 1.807) is 44.2 Å². The molecule has 0 bridgehead atoms. The average Bonchev–Trinajstić information content (AvgIpc) is 3.05. The summed E-state index contributed by atoms with van der Waals surface area (Å²) < 4.78 is 11.5. The molecule has 1 heterocycles. The lowest BCUT2D eigenvalue weighted by Crippen LogP contribution is -2.25. The van der Waals surface area contributed by atoms with Crippen molar-refractivity contribution in [3.8, 4) is 11.5 Å². The van der Waals surface area contributed by atoms with Crippen LogP contribution in [0.1, 0.15) is 13.3 Å². The lowest BCUT2D eigenvalue weighted by atomic mass is 10.2. The van der Waals surface area contributed by atoms with Gasteiger partial charge in [-0.3, -0.25) is 9.79 Å². The largest absolute Gasteiger partial charge is 0.497 e. The number of aliphatic imine (C=N–C) groups is 1. The fourth-order valence-corrected chi connectivity index (χ4v) is 4.10. The van der Waals surface area contributed by atoms with Crippen LogP contribution in [-0.4, -0.2) is 42.1 Å². The molecule has 22 heavy (non-hydrogen) atoms. The average molecular weight is 340 g/mol. The first-order valence-electron chi connectivity index (χ1n) is 7.04. The molecule has 2 rings (SSSR count). The highest BCUT2D eigenvalue weighted by Gasteiger charge is 2.22. The van der Waals surface area contributed by atoms with Crippen molar-refractivity contribution >= 4 is 39.5 Å². The van der Waals surface area contributed by atoms with Gasteiger partial charge in [-0.05, 0) is 18.6 Å². The van der Waals surface area contributed by atoms with E-state index in [-0.39, 0.29) is 11.2 Å². The number of carbonyl (C=O) groups excluding carboxylic acids is 1. The van der Waals surface area contributed by atoms with E-state index in [9.17, 15) is 4.79 Å². The number of nitrogens with zero attached hydrogens (tertiary/aromatic N) is 1. The summed E-state index contributed by atoms with van der Waals surface area (Å²) in [5.41, 5.74) is 0.647. The van der Waals surface area contributed by atoms with Crippen LogP contribution in [0.3, 0.4) is 0 Å². The molecule has 0 radical (unpaired) electrons. The van der Waals surface area contributed by atoms with Gasteiger partial charge in [-0.25, -0.2) is 0 Å². The van der Waals surface area contributed by atoms with Gasteiger partial charge in [-0.1, -0.05) is 30.4 Å². The van der Waals surface area contributed by atoms with Crippen LogP contribution in [0.4, 0.5) is 5.69 Å². The van der Waals surface area contributed by atoms with Gasteiger partial charge in [0.05, 0.1) is 31.7 Å². The van der Waals surface area contributed by atoms with Crippen molar-refractivity contribution in [2.75, 3.05) is 31.8 Å². The number of carbonyl (C=O) groups is 1. The minimum absolute atomic E-state index is 0.0360. The zero-order chi connectivity index (χ0) is 15.9. The number of ether oxygens (including phenoxy) is 2. The Balaban J connectivity index is 2.06. The number of anilines is 1. The van der Waals surface area contributed by atoms with E-state index >= 15 is 0 Å². The summed E-state index contributed by atoms with van der Waals surface area (Å²) >= 11 is 3.25. The zero-order valence-electron chi connectivity index (χ0n) is 12.9. The quantitative estimate of drug-likeness (QED) is 0.861. The summed E-state index contributed by atoms with van der Waals surface area (Å²) in [6.07, 6.45) is 0.745. The molecule has 1 unspecified atom stereocenters. The molecule has 1 aromatic rings. The van der Waals surface area contributed by atoms with E-state index in [4.69, 9.17) is 9.47 Å². The Morgan fingerprint density at radius 2 is 2.27 bits per heavy atom. The lowest BCUT2D eigenvalue weighted by Gasteiger charge is -2.16. The van der Waals surface area contributed by atoms with Crippen LogP contribution < -0.4 is 14.8 Å². The van der Waals surface area contributed by atoms with E-state index in [2.05, 4.69) is 10.3 Å². The van der Waals surface area contributed by atoms with Crippen LogP contribution in [0.15, 0.2) is 23.2 Å². The fourth-order valence-electron chi connectivity index (χ4n) is 1.95. The Labute approximate surface area is 139 Å². The summed E-state index contributed by atoms with van der Waals surface area (Å²) in [7, 11) is 3.16. The maximum atomic E-state index is 12.5. The zero-order valence-corrected chi connectivity index (χ0v) is 14.6. The fraction of sp³-hybridized carbons (Fsp3) is 0.467. The molecule has 1 aliphatic rings. The molecule has 7 heteroatoms. The van der Waals surface area contributed by atoms with E-state index in [0.29, 0.717) is 17.2 Å². The van der Waals surface area contributed by atoms with Gasteiger partial charge < -0.3 is 14.8 Å². The van der Waals surface area contributed by atoms with E-state index in [1.165, 1.54) is 11.8 Å². The third kappa shape index (κ3) is 4.33. The van der Waals surface area contributed by atoms with Crippen LogP contribution in [0.25, 0.3) is 0 Å². The third-order valence-corrected chi connectivity index (χ3v) is 5.70. The first kappa shape index (κ1) is 17.0. The van der Waals surface area contributed by atoms with E-state index in [0.717, 1.165) is 23.1 Å². The van der Waals surface area contributed by atoms with Crippen molar-refractivity contribution in [1.82, 2.24) is 0 Å². The number of hydrogen-bond acceptors (Lipinski definition) is 6. The van der Waals surface area contributed by atoms with Crippen molar-refractivity contribution in [1.29, 1.82) is 0 Å². The van der Waals surface area contributed by atoms with Crippen molar-refractivity contribution in [3.05, 3.63) is 18.2 Å². The minimum Gasteiger partial charge on any atom is -0.497 e. The van der Waals surface area contributed by atoms with Crippen molar-refractivity contribution in [3.63, 3.8) is 0 Å². The summed E-state index contributed by atoms with van der Waals surface area (Å²) in [4.78, 5) is 16.9. The Hall–Kier alpha value is -1.34.